The summed E-state index contributed by atoms with van der Waals surface area (Å²) in [6.45, 7) is 2.33. The molecular weight excluding hydrogens is 226 g/mol. The lowest BCUT2D eigenvalue weighted by molar-refractivity contribution is 0.0977. The molecule has 0 amide bonds. The molecule has 0 heterocycles. The lowest BCUT2D eigenvalue weighted by atomic mass is 10.0. The van der Waals surface area contributed by atoms with E-state index < -0.39 is 0 Å². The normalized spacial score (nSPS) is 15.9. The number of ether oxygens (including phenoxy) is 1. The largest absolute Gasteiger partial charge is 0.490 e. The maximum absolute atomic E-state index is 12.1. The first-order chi connectivity index (χ1) is 8.72. The van der Waals surface area contributed by atoms with Crippen molar-refractivity contribution in [3.63, 3.8) is 0 Å². The van der Waals surface area contributed by atoms with Crippen LogP contribution in [0.2, 0.25) is 0 Å². The van der Waals surface area contributed by atoms with Crippen molar-refractivity contribution in [3.8, 4) is 5.75 Å². The molecular formula is C15H21NO2. The zero-order valence-corrected chi connectivity index (χ0v) is 10.9. The van der Waals surface area contributed by atoms with Crippen LogP contribution in [0.1, 0.15) is 48.0 Å². The molecule has 1 fully saturated rings. The zero-order valence-electron chi connectivity index (χ0n) is 10.9. The number of ketones is 1. The number of Topliss-reactive ketones (excluding diaryl/α,β-unsaturated/α-hetero) is 1. The number of rotatable bonds is 5. The molecule has 1 aromatic rings. The van der Waals surface area contributed by atoms with Gasteiger partial charge in [0.2, 0.25) is 0 Å². The van der Waals surface area contributed by atoms with Crippen LogP contribution >= 0.6 is 0 Å². The van der Waals surface area contributed by atoms with Crippen molar-refractivity contribution in [2.75, 3.05) is 6.54 Å². The fraction of sp³-hybridized carbons (Fsp3) is 0.533. The Bertz CT molecular complexity index is 423. The summed E-state index contributed by atoms with van der Waals surface area (Å²) in [6.07, 6.45) is 5.30. The van der Waals surface area contributed by atoms with Crippen molar-refractivity contribution in [3.05, 3.63) is 29.3 Å². The Kier molecular flexibility index (Phi) is 4.37. The van der Waals surface area contributed by atoms with Gasteiger partial charge < -0.3 is 10.5 Å². The minimum absolute atomic E-state index is 0.0867. The van der Waals surface area contributed by atoms with Crippen LogP contribution in [-0.4, -0.2) is 18.4 Å². The van der Waals surface area contributed by atoms with Gasteiger partial charge in [0.15, 0.2) is 5.78 Å². The summed E-state index contributed by atoms with van der Waals surface area (Å²) in [5.74, 6) is 0.823. The predicted molar refractivity (Wildman–Crippen MR) is 72.1 cm³/mol. The van der Waals surface area contributed by atoms with Crippen LogP contribution in [0.4, 0.5) is 0 Å². The molecule has 18 heavy (non-hydrogen) atoms. The molecule has 1 aliphatic carbocycles. The second-order valence-electron chi connectivity index (χ2n) is 4.93. The molecule has 3 heteroatoms. The maximum Gasteiger partial charge on any atom is 0.168 e. The summed E-state index contributed by atoms with van der Waals surface area (Å²) in [4.78, 5) is 12.1. The van der Waals surface area contributed by atoms with E-state index >= 15 is 0 Å². The van der Waals surface area contributed by atoms with Gasteiger partial charge in [-0.2, -0.15) is 0 Å². The lowest BCUT2D eigenvalue weighted by Crippen LogP contribution is -2.16. The van der Waals surface area contributed by atoms with Crippen molar-refractivity contribution in [1.29, 1.82) is 0 Å². The van der Waals surface area contributed by atoms with Gasteiger partial charge in [0.1, 0.15) is 5.75 Å². The first-order valence-electron chi connectivity index (χ1n) is 6.72. The van der Waals surface area contributed by atoms with Gasteiger partial charge in [0.25, 0.3) is 0 Å². The quantitative estimate of drug-likeness (QED) is 0.814. The van der Waals surface area contributed by atoms with Crippen molar-refractivity contribution in [2.24, 2.45) is 5.73 Å². The van der Waals surface area contributed by atoms with Crippen molar-refractivity contribution in [2.45, 2.75) is 45.1 Å². The first-order valence-corrected chi connectivity index (χ1v) is 6.72. The van der Waals surface area contributed by atoms with E-state index in [4.69, 9.17) is 10.5 Å². The van der Waals surface area contributed by atoms with E-state index in [-0.39, 0.29) is 11.9 Å². The van der Waals surface area contributed by atoms with Crippen molar-refractivity contribution in [1.82, 2.24) is 0 Å². The standard InChI is InChI=1S/C15H21NO2/c1-11-5-4-8-14(15(11)13(17)9-10-16)18-12-6-2-3-7-12/h4-5,8,12H,2-3,6-7,9-10,16H2,1H3. The highest BCUT2D eigenvalue weighted by Gasteiger charge is 2.20. The highest BCUT2D eigenvalue weighted by molar-refractivity contribution is 6.00. The zero-order chi connectivity index (χ0) is 13.0. The van der Waals surface area contributed by atoms with Crippen LogP contribution in [-0.2, 0) is 0 Å². The van der Waals surface area contributed by atoms with Gasteiger partial charge in [0.05, 0.1) is 11.7 Å². The van der Waals surface area contributed by atoms with E-state index in [9.17, 15) is 4.79 Å². The van der Waals surface area contributed by atoms with Crippen LogP contribution in [0.5, 0.6) is 5.75 Å². The Balaban J connectivity index is 2.22. The maximum atomic E-state index is 12.1. The molecule has 0 atom stereocenters. The third kappa shape index (κ3) is 2.91. The van der Waals surface area contributed by atoms with Gasteiger partial charge in [-0.05, 0) is 50.8 Å². The molecule has 2 N–H and O–H groups in total. The Morgan fingerprint density at radius 3 is 2.78 bits per heavy atom. The summed E-state index contributed by atoms with van der Waals surface area (Å²) in [6, 6.07) is 5.79. The van der Waals surface area contributed by atoms with Crippen molar-refractivity contribution < 1.29 is 9.53 Å². The van der Waals surface area contributed by atoms with Gasteiger partial charge in [0, 0.05) is 6.42 Å². The van der Waals surface area contributed by atoms with Crippen LogP contribution < -0.4 is 10.5 Å². The van der Waals surface area contributed by atoms with E-state index in [1.54, 1.807) is 0 Å². The molecule has 0 aliphatic heterocycles. The van der Waals surface area contributed by atoms with Crippen LogP contribution in [0.3, 0.4) is 0 Å². The summed E-state index contributed by atoms with van der Waals surface area (Å²) in [5, 5.41) is 0. The molecule has 0 bridgehead atoms. The smallest absolute Gasteiger partial charge is 0.168 e. The molecule has 0 aromatic heterocycles. The molecule has 0 saturated heterocycles. The fourth-order valence-electron chi connectivity index (χ4n) is 2.54. The van der Waals surface area contributed by atoms with E-state index in [1.165, 1.54) is 12.8 Å². The third-order valence-electron chi connectivity index (χ3n) is 3.48. The van der Waals surface area contributed by atoms with E-state index in [1.807, 2.05) is 25.1 Å². The summed E-state index contributed by atoms with van der Waals surface area (Å²) in [5.41, 5.74) is 7.16. The van der Waals surface area contributed by atoms with Gasteiger partial charge in [-0.1, -0.05) is 12.1 Å². The predicted octanol–water partition coefficient (Wildman–Crippen LogP) is 2.85. The number of benzene rings is 1. The SMILES string of the molecule is Cc1cccc(OC2CCCC2)c1C(=O)CCN. The summed E-state index contributed by atoms with van der Waals surface area (Å²) >= 11 is 0. The number of hydrogen-bond donors (Lipinski definition) is 1. The Labute approximate surface area is 108 Å². The first kappa shape index (κ1) is 13.1. The van der Waals surface area contributed by atoms with Gasteiger partial charge >= 0.3 is 0 Å². The molecule has 3 nitrogen and oxygen atoms in total. The molecule has 0 spiro atoms. The number of nitrogens with two attached hydrogens (primary N) is 1. The fourth-order valence-corrected chi connectivity index (χ4v) is 2.54. The number of carbonyl (C=O) groups is 1. The second-order valence-corrected chi connectivity index (χ2v) is 4.93. The number of aryl methyl sites for hydroxylation is 1. The molecule has 0 unspecified atom stereocenters. The molecule has 1 saturated carbocycles. The van der Waals surface area contributed by atoms with Crippen LogP contribution in [0.15, 0.2) is 18.2 Å². The molecule has 0 radical (unpaired) electrons. The lowest BCUT2D eigenvalue weighted by Gasteiger charge is -2.17. The Morgan fingerprint density at radius 1 is 1.39 bits per heavy atom. The van der Waals surface area contributed by atoms with Gasteiger partial charge in [-0.25, -0.2) is 0 Å². The Morgan fingerprint density at radius 2 is 2.11 bits per heavy atom. The highest BCUT2D eigenvalue weighted by atomic mass is 16.5. The van der Waals surface area contributed by atoms with Crippen LogP contribution in [0.25, 0.3) is 0 Å². The summed E-state index contributed by atoms with van der Waals surface area (Å²) in [7, 11) is 0. The van der Waals surface area contributed by atoms with E-state index in [0.29, 0.717) is 13.0 Å². The second kappa shape index (κ2) is 6.01. The van der Waals surface area contributed by atoms with Gasteiger partial charge in [-0.15, -0.1) is 0 Å². The molecule has 98 valence electrons. The molecule has 1 aliphatic rings. The average Bonchev–Trinajstić information content (AvgIpc) is 2.82. The highest BCUT2D eigenvalue weighted by Crippen LogP contribution is 2.29. The third-order valence-corrected chi connectivity index (χ3v) is 3.48. The van der Waals surface area contributed by atoms with Gasteiger partial charge in [-0.3, -0.25) is 4.79 Å². The monoisotopic (exact) mass is 247 g/mol. The minimum atomic E-state index is 0.0867. The van der Waals surface area contributed by atoms with Crippen LogP contribution in [0, 0.1) is 6.92 Å². The van der Waals surface area contributed by atoms with Crippen molar-refractivity contribution >= 4 is 5.78 Å². The number of hydrogen-bond acceptors (Lipinski definition) is 3. The molecule has 2 rings (SSSR count). The topological polar surface area (TPSA) is 52.3 Å². The Hall–Kier alpha value is -1.35. The number of carbonyl (C=O) groups excluding carboxylic acids is 1. The van der Waals surface area contributed by atoms with E-state index in [2.05, 4.69) is 0 Å². The average molecular weight is 247 g/mol. The minimum Gasteiger partial charge on any atom is -0.490 e. The molecule has 1 aromatic carbocycles. The van der Waals surface area contributed by atoms with E-state index in [0.717, 1.165) is 29.7 Å². The summed E-state index contributed by atoms with van der Waals surface area (Å²) < 4.78 is 5.99.